The molecule has 0 saturated carbocycles. The Morgan fingerprint density at radius 1 is 0.750 bits per heavy atom. The number of rotatable bonds is 6. The number of nitrogens with one attached hydrogen (secondary N) is 2. The molecular formula is C20H13ClF2N2O5S2. The number of para-hydroxylation sites is 1. The third-order valence-corrected chi connectivity index (χ3v) is 7.16. The van der Waals surface area contributed by atoms with Crippen molar-refractivity contribution in [3.63, 3.8) is 0 Å². The van der Waals surface area contributed by atoms with E-state index in [1.54, 1.807) is 24.3 Å². The quantitative estimate of drug-likeness (QED) is 0.390. The van der Waals surface area contributed by atoms with E-state index >= 15 is 0 Å². The molecule has 0 aliphatic rings. The minimum absolute atomic E-state index is 0.114. The van der Waals surface area contributed by atoms with Gasteiger partial charge in [-0.1, -0.05) is 29.8 Å². The van der Waals surface area contributed by atoms with Gasteiger partial charge in [0, 0.05) is 16.5 Å². The zero-order chi connectivity index (χ0) is 23.1. The Morgan fingerprint density at radius 2 is 1.47 bits per heavy atom. The third kappa shape index (κ3) is 4.40. The molecule has 4 aromatic rings. The first-order chi connectivity index (χ1) is 15.0. The van der Waals surface area contributed by atoms with Crippen LogP contribution in [0.3, 0.4) is 0 Å². The van der Waals surface area contributed by atoms with Crippen LogP contribution in [0, 0.1) is 11.6 Å². The number of furan rings is 1. The summed E-state index contributed by atoms with van der Waals surface area (Å²) in [4.78, 5) is -0.558. The van der Waals surface area contributed by atoms with Crippen LogP contribution in [0.2, 0.25) is 5.02 Å². The smallest absolute Gasteiger partial charge is 0.295 e. The van der Waals surface area contributed by atoms with Crippen LogP contribution >= 0.6 is 11.6 Å². The number of hydrogen-bond donors (Lipinski definition) is 2. The summed E-state index contributed by atoms with van der Waals surface area (Å²) in [5, 5.41) is 0.273. The molecule has 7 nitrogen and oxygen atoms in total. The Morgan fingerprint density at radius 3 is 2.19 bits per heavy atom. The number of sulfonamides is 2. The maximum absolute atomic E-state index is 13.5. The summed E-state index contributed by atoms with van der Waals surface area (Å²) in [5.74, 6) is -2.57. The van der Waals surface area contributed by atoms with Crippen molar-refractivity contribution in [3.8, 4) is 0 Å². The summed E-state index contributed by atoms with van der Waals surface area (Å²) in [6.07, 6.45) is 0. The summed E-state index contributed by atoms with van der Waals surface area (Å²) in [5.41, 5.74) is -0.0545. The molecule has 0 aliphatic heterocycles. The Hall–Kier alpha value is -3.15. The van der Waals surface area contributed by atoms with E-state index in [0.29, 0.717) is 23.1 Å². The van der Waals surface area contributed by atoms with Gasteiger partial charge in [0.1, 0.15) is 5.58 Å². The first-order valence-corrected chi connectivity index (χ1v) is 12.2. The molecule has 0 aliphatic carbocycles. The maximum Gasteiger partial charge on any atom is 0.295 e. The summed E-state index contributed by atoms with van der Waals surface area (Å²) in [6, 6.07) is 13.7. The van der Waals surface area contributed by atoms with E-state index in [2.05, 4.69) is 9.44 Å². The first kappa shape index (κ1) is 22.1. The van der Waals surface area contributed by atoms with Gasteiger partial charge in [-0.3, -0.25) is 9.44 Å². The van der Waals surface area contributed by atoms with E-state index in [9.17, 15) is 25.6 Å². The van der Waals surface area contributed by atoms with Crippen molar-refractivity contribution < 1.29 is 30.0 Å². The fraction of sp³-hybridized carbons (Fsp3) is 0. The molecule has 32 heavy (non-hydrogen) atoms. The molecule has 0 unspecified atom stereocenters. The summed E-state index contributed by atoms with van der Waals surface area (Å²) < 4.78 is 87.3. The van der Waals surface area contributed by atoms with Crippen LogP contribution in [0.4, 0.5) is 20.2 Å². The molecule has 2 N–H and O–H groups in total. The highest BCUT2D eigenvalue weighted by molar-refractivity contribution is 7.93. The van der Waals surface area contributed by atoms with Crippen LogP contribution in [0.5, 0.6) is 0 Å². The van der Waals surface area contributed by atoms with E-state index < -0.39 is 41.7 Å². The fourth-order valence-corrected chi connectivity index (χ4v) is 5.13. The predicted molar refractivity (Wildman–Crippen MR) is 116 cm³/mol. The van der Waals surface area contributed by atoms with Gasteiger partial charge in [-0.2, -0.15) is 8.42 Å². The average molecular weight is 499 g/mol. The lowest BCUT2D eigenvalue weighted by Gasteiger charge is -2.14. The highest BCUT2D eigenvalue weighted by Crippen LogP contribution is 2.31. The Labute approximate surface area is 186 Å². The molecular weight excluding hydrogens is 486 g/mol. The van der Waals surface area contributed by atoms with E-state index in [-0.39, 0.29) is 16.4 Å². The van der Waals surface area contributed by atoms with Crippen molar-refractivity contribution in [2.24, 2.45) is 0 Å². The van der Waals surface area contributed by atoms with Gasteiger partial charge in [0.2, 0.25) is 5.09 Å². The summed E-state index contributed by atoms with van der Waals surface area (Å²) in [7, 11) is -8.65. The van der Waals surface area contributed by atoms with Crippen LogP contribution in [0.1, 0.15) is 0 Å². The number of benzene rings is 3. The molecule has 0 bridgehead atoms. The van der Waals surface area contributed by atoms with Crippen molar-refractivity contribution in [1.29, 1.82) is 0 Å². The van der Waals surface area contributed by atoms with Crippen LogP contribution in [-0.2, 0) is 20.0 Å². The van der Waals surface area contributed by atoms with E-state index in [0.717, 1.165) is 6.07 Å². The second kappa shape index (κ2) is 8.08. The molecule has 0 atom stereocenters. The zero-order valence-electron chi connectivity index (χ0n) is 15.8. The van der Waals surface area contributed by atoms with Crippen LogP contribution in [0.25, 0.3) is 11.0 Å². The van der Waals surface area contributed by atoms with Gasteiger partial charge < -0.3 is 4.42 Å². The maximum atomic E-state index is 13.5. The molecule has 1 heterocycles. The monoisotopic (exact) mass is 498 g/mol. The van der Waals surface area contributed by atoms with Crippen LogP contribution in [0.15, 0.2) is 81.1 Å². The zero-order valence-corrected chi connectivity index (χ0v) is 18.2. The van der Waals surface area contributed by atoms with E-state index in [1.807, 2.05) is 0 Å². The van der Waals surface area contributed by atoms with Gasteiger partial charge in [0.15, 0.2) is 11.6 Å². The Balaban J connectivity index is 1.69. The highest BCUT2D eigenvalue weighted by atomic mass is 35.5. The van der Waals surface area contributed by atoms with Gasteiger partial charge in [-0.25, -0.2) is 17.2 Å². The molecule has 0 saturated heterocycles. The highest BCUT2D eigenvalue weighted by Gasteiger charge is 2.23. The largest absolute Gasteiger partial charge is 0.443 e. The van der Waals surface area contributed by atoms with E-state index in [1.165, 1.54) is 24.3 Å². The standard InChI is InChI=1S/C20H13ClF2N2O5S2/c21-13-5-8-17(24-31(26,27)14-6-7-15(22)16(23)11-14)18(10-13)25-32(28,29)20-9-12-3-1-2-4-19(12)30-20/h1-11,24-25H. The van der Waals surface area contributed by atoms with Crippen LogP contribution < -0.4 is 9.44 Å². The molecule has 12 heteroatoms. The van der Waals surface area contributed by atoms with Crippen molar-refractivity contribution in [3.05, 3.63) is 83.4 Å². The molecule has 166 valence electrons. The third-order valence-electron chi connectivity index (χ3n) is 4.34. The number of anilines is 2. The lowest BCUT2D eigenvalue weighted by Crippen LogP contribution is -2.17. The second-order valence-corrected chi connectivity index (χ2v) is 10.3. The topological polar surface area (TPSA) is 105 Å². The van der Waals surface area contributed by atoms with Crippen molar-refractivity contribution in [2.45, 2.75) is 9.99 Å². The molecule has 0 spiro atoms. The lowest BCUT2D eigenvalue weighted by molar-refractivity contribution is 0.484. The molecule has 0 radical (unpaired) electrons. The average Bonchev–Trinajstić information content (AvgIpc) is 3.17. The predicted octanol–water partition coefficient (Wildman–Crippen LogP) is 4.97. The van der Waals surface area contributed by atoms with Gasteiger partial charge in [-0.15, -0.1) is 0 Å². The lowest BCUT2D eigenvalue weighted by atomic mass is 10.3. The van der Waals surface area contributed by atoms with Gasteiger partial charge in [-0.05, 0) is 42.5 Å². The minimum Gasteiger partial charge on any atom is -0.443 e. The Kier molecular flexibility index (Phi) is 5.57. The van der Waals surface area contributed by atoms with Gasteiger partial charge in [0.05, 0.1) is 16.3 Å². The van der Waals surface area contributed by atoms with Crippen LogP contribution in [-0.4, -0.2) is 16.8 Å². The number of halogens is 3. The van der Waals surface area contributed by atoms with Crippen molar-refractivity contribution in [2.75, 3.05) is 9.44 Å². The summed E-state index contributed by atoms with van der Waals surface area (Å²) in [6.45, 7) is 0. The first-order valence-electron chi connectivity index (χ1n) is 8.84. The minimum atomic E-state index is -4.39. The molecule has 0 fully saturated rings. The normalized spacial score (nSPS) is 12.1. The molecule has 3 aromatic carbocycles. The summed E-state index contributed by atoms with van der Waals surface area (Å²) >= 11 is 5.96. The van der Waals surface area contributed by atoms with Gasteiger partial charge in [0.25, 0.3) is 20.0 Å². The fourth-order valence-electron chi connectivity index (χ4n) is 2.82. The Bertz CT molecular complexity index is 1520. The molecule has 0 amide bonds. The molecule has 1 aromatic heterocycles. The molecule has 4 rings (SSSR count). The second-order valence-electron chi connectivity index (χ2n) is 6.58. The number of hydrogen-bond acceptors (Lipinski definition) is 5. The van der Waals surface area contributed by atoms with E-state index in [4.69, 9.17) is 16.0 Å². The SMILES string of the molecule is O=S(=O)(Nc1ccc(Cl)cc1NS(=O)(=O)c1cc2ccccc2o1)c1ccc(F)c(F)c1. The number of fused-ring (bicyclic) bond motifs is 1. The van der Waals surface area contributed by atoms with Crippen molar-refractivity contribution in [1.82, 2.24) is 0 Å². The van der Waals surface area contributed by atoms with Gasteiger partial charge >= 0.3 is 0 Å². The van der Waals surface area contributed by atoms with Crippen molar-refractivity contribution >= 4 is 54.0 Å².